The van der Waals surface area contributed by atoms with Crippen LogP contribution in [0.2, 0.25) is 0 Å². The lowest BCUT2D eigenvalue weighted by molar-refractivity contribution is -0.274. The Hall–Kier alpha value is -1.98. The van der Waals surface area contributed by atoms with Crippen LogP contribution in [0.1, 0.15) is 19.4 Å². The third-order valence-electron chi connectivity index (χ3n) is 1.95. The number of alkyl halides is 3. The summed E-state index contributed by atoms with van der Waals surface area (Å²) in [5.74, 6) is -0.629. The minimum Gasteiger partial charge on any atom is -0.406 e. The van der Waals surface area contributed by atoms with Gasteiger partial charge >= 0.3 is 6.36 Å². The van der Waals surface area contributed by atoms with E-state index < -0.39 is 6.36 Å². The molecule has 1 N–H and O–H groups in total. The van der Waals surface area contributed by atoms with E-state index in [1.807, 2.05) is 13.8 Å². The van der Waals surface area contributed by atoms with Gasteiger partial charge in [-0.05, 0) is 37.6 Å². The van der Waals surface area contributed by atoms with Crippen LogP contribution in [0, 0.1) is 0 Å². The van der Waals surface area contributed by atoms with Crippen LogP contribution < -0.4 is 10.1 Å². The van der Waals surface area contributed by atoms with Crippen LogP contribution in [0.25, 0.3) is 6.08 Å². The zero-order chi connectivity index (χ0) is 14.5. The van der Waals surface area contributed by atoms with Gasteiger partial charge in [-0.2, -0.15) is 0 Å². The molecule has 0 aliphatic rings. The van der Waals surface area contributed by atoms with Crippen molar-refractivity contribution in [3.05, 3.63) is 35.9 Å². The number of halogens is 3. The highest BCUT2D eigenvalue weighted by atomic mass is 19.4. The van der Waals surface area contributed by atoms with E-state index in [2.05, 4.69) is 10.1 Å². The number of hydrogen-bond acceptors (Lipinski definition) is 2. The van der Waals surface area contributed by atoms with E-state index in [1.165, 1.54) is 30.4 Å². The van der Waals surface area contributed by atoms with E-state index in [-0.39, 0.29) is 17.7 Å². The van der Waals surface area contributed by atoms with Crippen molar-refractivity contribution in [1.82, 2.24) is 5.32 Å². The van der Waals surface area contributed by atoms with Crippen LogP contribution in [0.5, 0.6) is 5.75 Å². The fourth-order valence-corrected chi connectivity index (χ4v) is 1.32. The molecule has 104 valence electrons. The van der Waals surface area contributed by atoms with E-state index in [0.29, 0.717) is 5.56 Å². The molecular formula is C13H14F3NO2. The smallest absolute Gasteiger partial charge is 0.406 e. The van der Waals surface area contributed by atoms with Gasteiger partial charge in [0.05, 0.1) is 0 Å². The van der Waals surface area contributed by atoms with E-state index >= 15 is 0 Å². The van der Waals surface area contributed by atoms with Crippen molar-refractivity contribution in [3.8, 4) is 5.75 Å². The monoisotopic (exact) mass is 273 g/mol. The molecule has 3 nitrogen and oxygen atoms in total. The summed E-state index contributed by atoms with van der Waals surface area (Å²) < 4.78 is 39.9. The Balaban J connectivity index is 2.72. The standard InChI is InChI=1S/C13H14F3NO2/c1-9(2)17-12(18)7-6-10-4-3-5-11(8-10)19-13(14,15)16/h3-9H,1-2H3,(H,17,18)/b7-6+. The summed E-state index contributed by atoms with van der Waals surface area (Å²) in [6.45, 7) is 3.62. The zero-order valence-corrected chi connectivity index (χ0v) is 10.5. The molecule has 0 unspecified atom stereocenters. The number of rotatable bonds is 4. The van der Waals surface area contributed by atoms with Crippen molar-refractivity contribution in [3.63, 3.8) is 0 Å². The van der Waals surface area contributed by atoms with Crippen molar-refractivity contribution >= 4 is 12.0 Å². The van der Waals surface area contributed by atoms with Gasteiger partial charge in [0.2, 0.25) is 5.91 Å². The number of amides is 1. The highest BCUT2D eigenvalue weighted by Gasteiger charge is 2.30. The highest BCUT2D eigenvalue weighted by Crippen LogP contribution is 2.23. The van der Waals surface area contributed by atoms with Crippen LogP contribution in [-0.4, -0.2) is 18.3 Å². The number of ether oxygens (including phenoxy) is 1. The maximum Gasteiger partial charge on any atom is 0.573 e. The number of carbonyl (C=O) groups is 1. The van der Waals surface area contributed by atoms with Crippen LogP contribution in [0.3, 0.4) is 0 Å². The summed E-state index contributed by atoms with van der Waals surface area (Å²) >= 11 is 0. The Bertz CT molecular complexity index is 467. The van der Waals surface area contributed by atoms with Crippen molar-refractivity contribution in [2.24, 2.45) is 0 Å². The molecule has 0 radical (unpaired) electrons. The molecule has 6 heteroatoms. The molecule has 0 bridgehead atoms. The number of hydrogen-bond donors (Lipinski definition) is 1. The predicted molar refractivity (Wildman–Crippen MR) is 65.4 cm³/mol. The second kappa shape index (κ2) is 6.26. The molecule has 0 saturated carbocycles. The van der Waals surface area contributed by atoms with Crippen LogP contribution >= 0.6 is 0 Å². The van der Waals surface area contributed by atoms with Crippen LogP contribution in [0.4, 0.5) is 13.2 Å². The third kappa shape index (κ3) is 6.49. The average Bonchev–Trinajstić information content (AvgIpc) is 2.23. The second-order valence-corrected chi connectivity index (χ2v) is 4.12. The Morgan fingerprint density at radius 3 is 2.63 bits per heavy atom. The maximum absolute atomic E-state index is 12.0. The summed E-state index contributed by atoms with van der Waals surface area (Å²) in [7, 11) is 0. The maximum atomic E-state index is 12.0. The molecule has 1 amide bonds. The molecule has 0 saturated heterocycles. The number of nitrogens with one attached hydrogen (secondary N) is 1. The Morgan fingerprint density at radius 2 is 2.05 bits per heavy atom. The number of carbonyl (C=O) groups excluding carboxylic acids is 1. The van der Waals surface area contributed by atoms with E-state index in [1.54, 1.807) is 6.07 Å². The summed E-state index contributed by atoms with van der Waals surface area (Å²) in [4.78, 5) is 11.3. The van der Waals surface area contributed by atoms with Gasteiger partial charge in [-0.1, -0.05) is 12.1 Å². The minimum absolute atomic E-state index is 0.00273. The molecule has 0 fully saturated rings. The lowest BCUT2D eigenvalue weighted by atomic mass is 10.2. The zero-order valence-electron chi connectivity index (χ0n) is 10.5. The molecule has 0 aliphatic carbocycles. The lowest BCUT2D eigenvalue weighted by Crippen LogP contribution is -2.28. The third-order valence-corrected chi connectivity index (χ3v) is 1.95. The average molecular weight is 273 g/mol. The van der Waals surface area contributed by atoms with E-state index in [9.17, 15) is 18.0 Å². The summed E-state index contributed by atoms with van der Waals surface area (Å²) in [6, 6.07) is 5.38. The molecule has 1 aromatic rings. The predicted octanol–water partition coefficient (Wildman–Crippen LogP) is 3.12. The summed E-state index contributed by atoms with van der Waals surface area (Å²) in [6.07, 6.45) is -2.05. The second-order valence-electron chi connectivity index (χ2n) is 4.12. The SMILES string of the molecule is CC(C)NC(=O)/C=C/c1cccc(OC(F)(F)F)c1. The van der Waals surface area contributed by atoms with Crippen molar-refractivity contribution in [2.75, 3.05) is 0 Å². The van der Waals surface area contributed by atoms with E-state index in [0.717, 1.165) is 0 Å². The van der Waals surface area contributed by atoms with Crippen molar-refractivity contribution in [2.45, 2.75) is 26.3 Å². The lowest BCUT2D eigenvalue weighted by Gasteiger charge is -2.09. The van der Waals surface area contributed by atoms with Crippen molar-refractivity contribution < 1.29 is 22.7 Å². The van der Waals surface area contributed by atoms with Gasteiger partial charge in [0.1, 0.15) is 5.75 Å². The summed E-state index contributed by atoms with van der Waals surface area (Å²) in [5, 5.41) is 2.63. The molecule has 19 heavy (non-hydrogen) atoms. The fourth-order valence-electron chi connectivity index (χ4n) is 1.32. The molecule has 0 heterocycles. The van der Waals surface area contributed by atoms with Gasteiger partial charge in [-0.15, -0.1) is 13.2 Å². The molecule has 0 spiro atoms. The van der Waals surface area contributed by atoms with Gasteiger partial charge in [0.15, 0.2) is 0 Å². The Morgan fingerprint density at radius 1 is 1.37 bits per heavy atom. The van der Waals surface area contributed by atoms with Crippen LogP contribution in [-0.2, 0) is 4.79 Å². The van der Waals surface area contributed by atoms with Crippen molar-refractivity contribution in [1.29, 1.82) is 0 Å². The first-order valence-corrected chi connectivity index (χ1v) is 5.60. The normalized spacial score (nSPS) is 11.9. The highest BCUT2D eigenvalue weighted by molar-refractivity contribution is 5.91. The minimum atomic E-state index is -4.72. The number of benzene rings is 1. The quantitative estimate of drug-likeness (QED) is 0.856. The van der Waals surface area contributed by atoms with Gasteiger partial charge in [0.25, 0.3) is 0 Å². The van der Waals surface area contributed by atoms with Gasteiger partial charge in [-0.3, -0.25) is 4.79 Å². The first-order valence-electron chi connectivity index (χ1n) is 5.60. The Labute approximate surface area is 109 Å². The molecule has 1 rings (SSSR count). The largest absolute Gasteiger partial charge is 0.573 e. The first-order chi connectivity index (χ1) is 8.76. The fraction of sp³-hybridized carbons (Fsp3) is 0.308. The summed E-state index contributed by atoms with van der Waals surface area (Å²) in [5.41, 5.74) is 0.445. The van der Waals surface area contributed by atoms with Gasteiger partial charge in [0, 0.05) is 12.1 Å². The molecule has 0 aliphatic heterocycles. The molecule has 0 aromatic heterocycles. The Kier molecular flexibility index (Phi) is 4.97. The first kappa shape index (κ1) is 15.1. The topological polar surface area (TPSA) is 38.3 Å². The van der Waals surface area contributed by atoms with Gasteiger partial charge < -0.3 is 10.1 Å². The van der Waals surface area contributed by atoms with Crippen LogP contribution in [0.15, 0.2) is 30.3 Å². The molecular weight excluding hydrogens is 259 g/mol. The van der Waals surface area contributed by atoms with E-state index in [4.69, 9.17) is 0 Å². The molecule has 0 atom stereocenters. The molecule has 1 aromatic carbocycles. The van der Waals surface area contributed by atoms with Gasteiger partial charge in [-0.25, -0.2) is 0 Å².